The van der Waals surface area contributed by atoms with Crippen LogP contribution >= 0.6 is 0 Å². The molecule has 2 rings (SSSR count). The van der Waals surface area contributed by atoms with Gasteiger partial charge in [0.15, 0.2) is 0 Å². The first-order chi connectivity index (χ1) is 9.58. The Hall–Kier alpha value is -1.89. The van der Waals surface area contributed by atoms with Gasteiger partial charge < -0.3 is 4.79 Å². The summed E-state index contributed by atoms with van der Waals surface area (Å²) in [5, 5.41) is 0. The predicted octanol–water partition coefficient (Wildman–Crippen LogP) is 5.07. The van der Waals surface area contributed by atoms with Crippen molar-refractivity contribution >= 4 is 5.78 Å². The Morgan fingerprint density at radius 3 is 1.95 bits per heavy atom. The van der Waals surface area contributed by atoms with E-state index >= 15 is 0 Å². The molecule has 0 saturated carbocycles. The summed E-state index contributed by atoms with van der Waals surface area (Å²) in [5.74, 6) is 1.05. The molecule has 2 aromatic carbocycles. The molecule has 0 spiro atoms. The summed E-state index contributed by atoms with van der Waals surface area (Å²) < 4.78 is 0. The van der Waals surface area contributed by atoms with E-state index in [-0.39, 0.29) is 5.78 Å². The van der Waals surface area contributed by atoms with Crippen LogP contribution in [0, 0.1) is 5.92 Å². The molecule has 0 bridgehead atoms. The SMILES string of the molecule is CC(=O)C[C@H](c1ccc(-c2ccccc2)cc1)C(C)C. The number of Topliss-reactive ketones (excluding diaryl/α,β-unsaturated/α-hetero) is 1. The van der Waals surface area contributed by atoms with Gasteiger partial charge in [0.05, 0.1) is 0 Å². The van der Waals surface area contributed by atoms with Crippen LogP contribution < -0.4 is 0 Å². The van der Waals surface area contributed by atoms with Crippen molar-refractivity contribution < 1.29 is 4.79 Å². The molecule has 0 fully saturated rings. The fourth-order valence-electron chi connectivity index (χ4n) is 2.60. The van der Waals surface area contributed by atoms with Crippen LogP contribution in [-0.2, 0) is 4.79 Å². The number of hydrogen-bond donors (Lipinski definition) is 0. The minimum atomic E-state index is 0.260. The number of ketones is 1. The largest absolute Gasteiger partial charge is 0.300 e. The molecular formula is C19H22O. The van der Waals surface area contributed by atoms with Gasteiger partial charge in [-0.15, -0.1) is 0 Å². The van der Waals surface area contributed by atoms with Gasteiger partial charge in [0.25, 0.3) is 0 Å². The molecule has 0 amide bonds. The lowest BCUT2D eigenvalue weighted by atomic mass is 9.84. The van der Waals surface area contributed by atoms with Crippen LogP contribution in [0.3, 0.4) is 0 Å². The zero-order valence-corrected chi connectivity index (χ0v) is 12.5. The van der Waals surface area contributed by atoms with Gasteiger partial charge in [0.1, 0.15) is 5.78 Å². The molecule has 0 heterocycles. The topological polar surface area (TPSA) is 17.1 Å². The van der Waals surface area contributed by atoms with Crippen LogP contribution in [0.4, 0.5) is 0 Å². The van der Waals surface area contributed by atoms with Gasteiger partial charge in [-0.1, -0.05) is 68.4 Å². The van der Waals surface area contributed by atoms with E-state index in [0.717, 1.165) is 0 Å². The van der Waals surface area contributed by atoms with E-state index in [1.54, 1.807) is 6.92 Å². The smallest absolute Gasteiger partial charge is 0.130 e. The molecule has 104 valence electrons. The number of rotatable bonds is 5. The van der Waals surface area contributed by atoms with Crippen molar-refractivity contribution in [3.8, 4) is 11.1 Å². The Morgan fingerprint density at radius 1 is 0.900 bits per heavy atom. The minimum absolute atomic E-state index is 0.260. The third-order valence-electron chi connectivity index (χ3n) is 3.76. The molecule has 0 aliphatic heterocycles. The zero-order chi connectivity index (χ0) is 14.5. The highest BCUT2D eigenvalue weighted by Gasteiger charge is 2.17. The number of carbonyl (C=O) groups excluding carboxylic acids is 1. The van der Waals surface area contributed by atoms with Crippen LogP contribution in [0.15, 0.2) is 54.6 Å². The van der Waals surface area contributed by atoms with Crippen molar-refractivity contribution in [3.05, 3.63) is 60.2 Å². The van der Waals surface area contributed by atoms with Gasteiger partial charge in [-0.2, -0.15) is 0 Å². The normalized spacial score (nSPS) is 12.4. The maximum Gasteiger partial charge on any atom is 0.130 e. The first-order valence-corrected chi connectivity index (χ1v) is 7.22. The van der Waals surface area contributed by atoms with Gasteiger partial charge in [-0.25, -0.2) is 0 Å². The zero-order valence-electron chi connectivity index (χ0n) is 12.5. The summed E-state index contributed by atoms with van der Waals surface area (Å²) in [6.45, 7) is 6.03. The number of carbonyl (C=O) groups is 1. The molecule has 0 aliphatic rings. The average Bonchev–Trinajstić information content (AvgIpc) is 2.45. The second-order valence-electron chi connectivity index (χ2n) is 5.74. The third-order valence-corrected chi connectivity index (χ3v) is 3.76. The molecule has 0 aliphatic carbocycles. The highest BCUT2D eigenvalue weighted by Crippen LogP contribution is 2.30. The third kappa shape index (κ3) is 3.57. The maximum absolute atomic E-state index is 11.4. The molecule has 1 heteroatoms. The molecule has 20 heavy (non-hydrogen) atoms. The van der Waals surface area contributed by atoms with E-state index in [0.29, 0.717) is 18.3 Å². The Bertz CT molecular complexity index is 552. The van der Waals surface area contributed by atoms with Gasteiger partial charge in [0, 0.05) is 6.42 Å². The summed E-state index contributed by atoms with van der Waals surface area (Å²) in [5.41, 5.74) is 3.71. The van der Waals surface area contributed by atoms with E-state index in [1.165, 1.54) is 16.7 Å². The van der Waals surface area contributed by atoms with Crippen LogP contribution in [0.1, 0.15) is 38.7 Å². The molecule has 2 aromatic rings. The van der Waals surface area contributed by atoms with Crippen LogP contribution in [0.5, 0.6) is 0 Å². The van der Waals surface area contributed by atoms with Crippen LogP contribution in [0.25, 0.3) is 11.1 Å². The molecular weight excluding hydrogens is 244 g/mol. The second kappa shape index (κ2) is 6.51. The number of benzene rings is 2. The van der Waals surface area contributed by atoms with Crippen molar-refractivity contribution in [1.82, 2.24) is 0 Å². The molecule has 0 unspecified atom stereocenters. The van der Waals surface area contributed by atoms with Crippen molar-refractivity contribution in [2.45, 2.75) is 33.1 Å². The van der Waals surface area contributed by atoms with E-state index in [4.69, 9.17) is 0 Å². The van der Waals surface area contributed by atoms with E-state index in [2.05, 4.69) is 62.4 Å². The lowest BCUT2D eigenvalue weighted by Gasteiger charge is -2.20. The monoisotopic (exact) mass is 266 g/mol. The quantitative estimate of drug-likeness (QED) is 0.738. The maximum atomic E-state index is 11.4. The van der Waals surface area contributed by atoms with Crippen molar-refractivity contribution in [2.24, 2.45) is 5.92 Å². The highest BCUT2D eigenvalue weighted by molar-refractivity contribution is 5.76. The Morgan fingerprint density at radius 2 is 1.45 bits per heavy atom. The van der Waals surface area contributed by atoms with Gasteiger partial charge in [-0.05, 0) is 35.4 Å². The Balaban J connectivity index is 2.24. The Kier molecular flexibility index (Phi) is 4.73. The predicted molar refractivity (Wildman–Crippen MR) is 84.8 cm³/mol. The van der Waals surface area contributed by atoms with E-state index < -0.39 is 0 Å². The molecule has 1 atom stereocenters. The summed E-state index contributed by atoms with van der Waals surface area (Å²) >= 11 is 0. The average molecular weight is 266 g/mol. The minimum Gasteiger partial charge on any atom is -0.300 e. The molecule has 0 N–H and O–H groups in total. The van der Waals surface area contributed by atoms with E-state index in [9.17, 15) is 4.79 Å². The van der Waals surface area contributed by atoms with Crippen LogP contribution in [-0.4, -0.2) is 5.78 Å². The summed E-state index contributed by atoms with van der Waals surface area (Å²) in [6.07, 6.45) is 0.627. The van der Waals surface area contributed by atoms with E-state index in [1.807, 2.05) is 6.07 Å². The summed E-state index contributed by atoms with van der Waals surface area (Å²) in [7, 11) is 0. The summed E-state index contributed by atoms with van der Waals surface area (Å²) in [4.78, 5) is 11.4. The van der Waals surface area contributed by atoms with Gasteiger partial charge in [0.2, 0.25) is 0 Å². The molecule has 0 aromatic heterocycles. The standard InChI is InChI=1S/C19H22O/c1-14(2)19(13-15(3)20)18-11-9-17(10-12-18)16-7-5-4-6-8-16/h4-12,14,19H,13H2,1-3H3/t19-/m0/s1. The Labute approximate surface area is 121 Å². The fraction of sp³-hybridized carbons (Fsp3) is 0.316. The fourth-order valence-corrected chi connectivity index (χ4v) is 2.60. The van der Waals surface area contributed by atoms with Gasteiger partial charge >= 0.3 is 0 Å². The lowest BCUT2D eigenvalue weighted by Crippen LogP contribution is -2.10. The molecule has 0 radical (unpaired) electrons. The molecule has 0 saturated heterocycles. The first-order valence-electron chi connectivity index (χ1n) is 7.22. The van der Waals surface area contributed by atoms with Crippen molar-refractivity contribution in [2.75, 3.05) is 0 Å². The van der Waals surface area contributed by atoms with Crippen molar-refractivity contribution in [3.63, 3.8) is 0 Å². The van der Waals surface area contributed by atoms with Crippen molar-refractivity contribution in [1.29, 1.82) is 0 Å². The molecule has 1 nitrogen and oxygen atoms in total. The first kappa shape index (κ1) is 14.5. The van der Waals surface area contributed by atoms with Crippen LogP contribution in [0.2, 0.25) is 0 Å². The lowest BCUT2D eigenvalue weighted by molar-refractivity contribution is -0.117. The summed E-state index contributed by atoms with van der Waals surface area (Å²) in [6, 6.07) is 19.0. The highest BCUT2D eigenvalue weighted by atomic mass is 16.1. The second-order valence-corrected chi connectivity index (χ2v) is 5.74. The van der Waals surface area contributed by atoms with Gasteiger partial charge in [-0.3, -0.25) is 0 Å². The number of hydrogen-bond acceptors (Lipinski definition) is 1.